The van der Waals surface area contributed by atoms with Crippen LogP contribution in [-0.2, 0) is 16.0 Å². The second-order valence-corrected chi connectivity index (χ2v) is 8.68. The van der Waals surface area contributed by atoms with E-state index in [4.69, 9.17) is 0 Å². The number of carbonyl (C=O) groups excluding carboxylic acids is 2. The first-order chi connectivity index (χ1) is 15.1. The maximum Gasteiger partial charge on any atom is 0.133 e. The quantitative estimate of drug-likeness (QED) is 0.431. The highest BCUT2D eigenvalue weighted by molar-refractivity contribution is 5.77. The third-order valence-corrected chi connectivity index (χ3v) is 6.59. The predicted octanol–water partition coefficient (Wildman–Crippen LogP) is 5.74. The van der Waals surface area contributed by atoms with Crippen molar-refractivity contribution in [2.24, 2.45) is 5.92 Å². The highest BCUT2D eigenvalue weighted by atomic mass is 19.1. The smallest absolute Gasteiger partial charge is 0.133 e. The van der Waals surface area contributed by atoms with Crippen LogP contribution in [0.15, 0.2) is 36.4 Å². The standard InChI is InChI=1S/C26H33FN2O2/c1-2-23(31)14-9-20-7-12-22(13-8-20)25-15-16-26(29-28-25)24(18-30)21-10-5-19(6-11-21)4-3-17-27/h5-6,10-11,15-16,18,20,22,24H,2-4,7-9,12-14,17H2,1H3. The normalized spacial score (nSPS) is 19.7. The van der Waals surface area contributed by atoms with Gasteiger partial charge in [0.25, 0.3) is 0 Å². The Balaban J connectivity index is 1.57. The molecule has 0 saturated heterocycles. The molecule has 0 aliphatic heterocycles. The van der Waals surface area contributed by atoms with Crippen molar-refractivity contribution in [3.63, 3.8) is 0 Å². The van der Waals surface area contributed by atoms with Gasteiger partial charge in [-0.05, 0) is 74.1 Å². The summed E-state index contributed by atoms with van der Waals surface area (Å²) < 4.78 is 12.4. The van der Waals surface area contributed by atoms with Crippen molar-refractivity contribution in [2.45, 2.75) is 76.5 Å². The number of hydrogen-bond acceptors (Lipinski definition) is 4. The number of halogens is 1. The van der Waals surface area contributed by atoms with Crippen molar-refractivity contribution in [2.75, 3.05) is 6.67 Å². The molecule has 1 aromatic carbocycles. The van der Waals surface area contributed by atoms with Gasteiger partial charge < -0.3 is 4.79 Å². The molecular weight excluding hydrogens is 391 g/mol. The van der Waals surface area contributed by atoms with Crippen LogP contribution < -0.4 is 0 Å². The number of carbonyl (C=O) groups is 2. The molecule has 1 aliphatic rings. The van der Waals surface area contributed by atoms with E-state index in [0.29, 0.717) is 49.0 Å². The van der Waals surface area contributed by atoms with E-state index in [1.807, 2.05) is 43.3 Å². The molecule has 4 nitrogen and oxygen atoms in total. The van der Waals surface area contributed by atoms with Gasteiger partial charge in [0.05, 0.1) is 24.0 Å². The van der Waals surface area contributed by atoms with Gasteiger partial charge in [0.15, 0.2) is 0 Å². The molecule has 0 amide bonds. The van der Waals surface area contributed by atoms with Gasteiger partial charge in [0, 0.05) is 18.8 Å². The molecular formula is C26H33FN2O2. The number of ketones is 1. The van der Waals surface area contributed by atoms with E-state index >= 15 is 0 Å². The summed E-state index contributed by atoms with van der Waals surface area (Å²) in [5, 5.41) is 8.85. The highest BCUT2D eigenvalue weighted by Crippen LogP contribution is 2.37. The van der Waals surface area contributed by atoms with E-state index in [2.05, 4.69) is 10.2 Å². The monoisotopic (exact) mass is 424 g/mol. The summed E-state index contributed by atoms with van der Waals surface area (Å²) in [6.07, 6.45) is 8.92. The largest absolute Gasteiger partial charge is 0.302 e. The van der Waals surface area contributed by atoms with E-state index in [0.717, 1.165) is 55.2 Å². The molecule has 166 valence electrons. The number of aryl methyl sites for hydroxylation is 1. The van der Waals surface area contributed by atoms with Crippen LogP contribution in [0.25, 0.3) is 0 Å². The second-order valence-electron chi connectivity index (χ2n) is 8.68. The van der Waals surface area contributed by atoms with Gasteiger partial charge in [-0.2, -0.15) is 10.2 Å². The number of aldehydes is 1. The van der Waals surface area contributed by atoms with E-state index < -0.39 is 5.92 Å². The van der Waals surface area contributed by atoms with Gasteiger partial charge in [0.2, 0.25) is 0 Å². The first-order valence-electron chi connectivity index (χ1n) is 11.6. The summed E-state index contributed by atoms with van der Waals surface area (Å²) in [6.45, 7) is 1.61. The van der Waals surface area contributed by atoms with Gasteiger partial charge in [-0.1, -0.05) is 31.2 Å². The number of hydrogen-bond donors (Lipinski definition) is 0. The van der Waals surface area contributed by atoms with Crippen molar-refractivity contribution in [1.82, 2.24) is 10.2 Å². The van der Waals surface area contributed by atoms with Crippen LogP contribution in [0.4, 0.5) is 4.39 Å². The Morgan fingerprint density at radius 1 is 1.10 bits per heavy atom. The van der Waals surface area contributed by atoms with Gasteiger partial charge in [-0.15, -0.1) is 0 Å². The molecule has 0 N–H and O–H groups in total. The van der Waals surface area contributed by atoms with Crippen molar-refractivity contribution in [1.29, 1.82) is 0 Å². The van der Waals surface area contributed by atoms with E-state index in [1.54, 1.807) is 0 Å². The molecule has 1 atom stereocenters. The molecule has 1 fully saturated rings. The average Bonchev–Trinajstić information content (AvgIpc) is 2.83. The number of Topliss-reactive ketones (excluding diaryl/α,β-unsaturated/α-hetero) is 1. The topological polar surface area (TPSA) is 59.9 Å². The lowest BCUT2D eigenvalue weighted by atomic mass is 9.78. The molecule has 31 heavy (non-hydrogen) atoms. The summed E-state index contributed by atoms with van der Waals surface area (Å²) in [5.41, 5.74) is 3.60. The van der Waals surface area contributed by atoms with Crippen LogP contribution in [0, 0.1) is 5.92 Å². The van der Waals surface area contributed by atoms with Gasteiger partial charge >= 0.3 is 0 Å². The first-order valence-corrected chi connectivity index (χ1v) is 11.6. The summed E-state index contributed by atoms with van der Waals surface area (Å²) in [5.74, 6) is 0.974. The van der Waals surface area contributed by atoms with Crippen LogP contribution in [0.2, 0.25) is 0 Å². The predicted molar refractivity (Wildman–Crippen MR) is 120 cm³/mol. The second kappa shape index (κ2) is 11.8. The lowest BCUT2D eigenvalue weighted by molar-refractivity contribution is -0.119. The Hall–Kier alpha value is -2.43. The minimum absolute atomic E-state index is 0.319. The molecule has 1 heterocycles. The number of aromatic nitrogens is 2. The maximum atomic E-state index is 12.4. The molecule has 5 heteroatoms. The van der Waals surface area contributed by atoms with Crippen LogP contribution in [0.3, 0.4) is 0 Å². The molecule has 1 unspecified atom stereocenters. The third kappa shape index (κ3) is 6.52. The van der Waals surface area contributed by atoms with E-state index in [1.165, 1.54) is 0 Å². The SMILES string of the molecule is CCC(=O)CCC1CCC(c2ccc(C(C=O)c3ccc(CCCF)cc3)nn2)CC1. The Bertz CT molecular complexity index is 827. The minimum atomic E-state index is -0.441. The van der Waals surface area contributed by atoms with Crippen LogP contribution in [0.1, 0.15) is 92.6 Å². The first kappa shape index (κ1) is 23.2. The molecule has 1 saturated carbocycles. The molecule has 0 bridgehead atoms. The van der Waals surface area contributed by atoms with Crippen molar-refractivity contribution >= 4 is 12.1 Å². The molecule has 0 spiro atoms. The Labute approximate surface area is 184 Å². The van der Waals surface area contributed by atoms with E-state index in [-0.39, 0.29) is 6.67 Å². The maximum absolute atomic E-state index is 12.4. The summed E-state index contributed by atoms with van der Waals surface area (Å²) in [6, 6.07) is 11.7. The number of rotatable bonds is 11. The minimum Gasteiger partial charge on any atom is -0.302 e. The zero-order valence-electron chi connectivity index (χ0n) is 18.4. The Kier molecular flexibility index (Phi) is 8.86. The van der Waals surface area contributed by atoms with Crippen LogP contribution in [0.5, 0.6) is 0 Å². The van der Waals surface area contributed by atoms with E-state index in [9.17, 15) is 14.0 Å². The fourth-order valence-electron chi connectivity index (χ4n) is 4.51. The fraction of sp³-hybridized carbons (Fsp3) is 0.538. The van der Waals surface area contributed by atoms with Gasteiger partial charge in [-0.25, -0.2) is 0 Å². The average molecular weight is 425 g/mol. The molecule has 0 radical (unpaired) electrons. The highest BCUT2D eigenvalue weighted by Gasteiger charge is 2.24. The molecule has 1 aliphatic carbocycles. The van der Waals surface area contributed by atoms with Crippen molar-refractivity contribution < 1.29 is 14.0 Å². The Morgan fingerprint density at radius 2 is 1.84 bits per heavy atom. The van der Waals surface area contributed by atoms with Gasteiger partial charge in [0.1, 0.15) is 12.1 Å². The van der Waals surface area contributed by atoms with Crippen LogP contribution in [-0.4, -0.2) is 28.9 Å². The number of benzene rings is 1. The lowest BCUT2D eigenvalue weighted by Crippen LogP contribution is -2.16. The summed E-state index contributed by atoms with van der Waals surface area (Å²) in [4.78, 5) is 23.3. The molecule has 1 aromatic heterocycles. The summed E-state index contributed by atoms with van der Waals surface area (Å²) >= 11 is 0. The third-order valence-electron chi connectivity index (χ3n) is 6.59. The Morgan fingerprint density at radius 3 is 2.42 bits per heavy atom. The fourth-order valence-corrected chi connectivity index (χ4v) is 4.51. The zero-order chi connectivity index (χ0) is 22.1. The van der Waals surface area contributed by atoms with Crippen molar-refractivity contribution in [3.8, 4) is 0 Å². The zero-order valence-corrected chi connectivity index (χ0v) is 18.4. The summed E-state index contributed by atoms with van der Waals surface area (Å²) in [7, 11) is 0. The molecule has 2 aromatic rings. The number of alkyl halides is 1. The molecule has 3 rings (SSSR count). The van der Waals surface area contributed by atoms with Crippen LogP contribution >= 0.6 is 0 Å². The van der Waals surface area contributed by atoms with Crippen molar-refractivity contribution in [3.05, 3.63) is 58.9 Å². The lowest BCUT2D eigenvalue weighted by Gasteiger charge is -2.28. The number of nitrogens with zero attached hydrogens (tertiary/aromatic N) is 2. The van der Waals surface area contributed by atoms with Gasteiger partial charge in [-0.3, -0.25) is 9.18 Å².